The first-order valence-electron chi connectivity index (χ1n) is 11.5. The highest BCUT2D eigenvalue weighted by atomic mass is 32.1. The second kappa shape index (κ2) is 12.0. The Morgan fingerprint density at radius 1 is 1.15 bits per heavy atom. The van der Waals surface area contributed by atoms with E-state index in [-0.39, 0.29) is 5.82 Å². The van der Waals surface area contributed by atoms with E-state index >= 15 is 0 Å². The zero-order chi connectivity index (χ0) is 23.8. The number of nitrogens with one attached hydrogen (secondary N) is 2. The summed E-state index contributed by atoms with van der Waals surface area (Å²) in [6, 6.07) is 6.38. The number of anilines is 3. The van der Waals surface area contributed by atoms with Crippen molar-refractivity contribution < 1.29 is 9.13 Å². The van der Waals surface area contributed by atoms with Gasteiger partial charge in [-0.3, -0.25) is 10.2 Å². The molecule has 0 spiro atoms. The number of halogens is 1. The SMILES string of the molecule is CC(C)c1cnc(Nc2nc(C=Cc3cccc(F)c3)nc(NCCCN3CCOCC3)n2)s1. The third-order valence-electron chi connectivity index (χ3n) is 5.28. The number of hydrogen-bond acceptors (Lipinski definition) is 9. The lowest BCUT2D eigenvalue weighted by atomic mass is 10.2. The largest absolute Gasteiger partial charge is 0.379 e. The maximum absolute atomic E-state index is 13.5. The van der Waals surface area contributed by atoms with Gasteiger partial charge in [0.1, 0.15) is 5.82 Å². The number of aromatic nitrogens is 4. The number of morpholine rings is 1. The second-order valence-electron chi connectivity index (χ2n) is 8.31. The number of nitrogens with zero attached hydrogens (tertiary/aromatic N) is 5. The Labute approximate surface area is 203 Å². The van der Waals surface area contributed by atoms with Crippen LogP contribution in [-0.4, -0.2) is 64.2 Å². The molecule has 180 valence electrons. The van der Waals surface area contributed by atoms with Crippen LogP contribution in [0, 0.1) is 5.82 Å². The van der Waals surface area contributed by atoms with Crippen LogP contribution in [0.4, 0.5) is 21.4 Å². The Bertz CT molecular complexity index is 1100. The maximum Gasteiger partial charge on any atom is 0.234 e. The molecular weight excluding hydrogens is 453 g/mol. The molecule has 8 nitrogen and oxygen atoms in total. The van der Waals surface area contributed by atoms with Crippen LogP contribution in [0.25, 0.3) is 12.2 Å². The minimum atomic E-state index is -0.285. The van der Waals surface area contributed by atoms with Crippen LogP contribution in [0.15, 0.2) is 30.5 Å². The summed E-state index contributed by atoms with van der Waals surface area (Å²) in [7, 11) is 0. The number of benzene rings is 1. The number of hydrogen-bond donors (Lipinski definition) is 2. The van der Waals surface area contributed by atoms with Crippen LogP contribution < -0.4 is 10.6 Å². The van der Waals surface area contributed by atoms with E-state index in [9.17, 15) is 4.39 Å². The number of ether oxygens (including phenoxy) is 1. The van der Waals surface area contributed by atoms with Gasteiger partial charge in [-0.25, -0.2) is 9.37 Å². The van der Waals surface area contributed by atoms with Crippen molar-refractivity contribution in [1.82, 2.24) is 24.8 Å². The summed E-state index contributed by atoms with van der Waals surface area (Å²) in [5.74, 6) is 1.48. The lowest BCUT2D eigenvalue weighted by Gasteiger charge is -2.26. The van der Waals surface area contributed by atoms with Crippen molar-refractivity contribution in [2.45, 2.75) is 26.2 Å². The molecule has 1 aliphatic heterocycles. The first-order valence-corrected chi connectivity index (χ1v) is 12.3. The van der Waals surface area contributed by atoms with Crippen molar-refractivity contribution in [3.8, 4) is 0 Å². The number of rotatable bonds is 10. The van der Waals surface area contributed by atoms with Gasteiger partial charge in [0.05, 0.1) is 13.2 Å². The highest BCUT2D eigenvalue weighted by molar-refractivity contribution is 7.15. The molecule has 0 atom stereocenters. The van der Waals surface area contributed by atoms with E-state index < -0.39 is 0 Å². The summed E-state index contributed by atoms with van der Waals surface area (Å²) in [6.07, 6.45) is 6.37. The van der Waals surface area contributed by atoms with Gasteiger partial charge < -0.3 is 10.1 Å². The molecule has 0 unspecified atom stereocenters. The predicted molar refractivity (Wildman–Crippen MR) is 135 cm³/mol. The standard InChI is InChI=1S/C24H30FN7OS/c1-17(2)20-16-27-24(34-20)31-23-29-21(8-7-18-5-3-6-19(25)15-18)28-22(30-23)26-9-4-10-32-11-13-33-14-12-32/h3,5-8,15-17H,4,9-14H2,1-2H3,(H2,26,27,28,29,30,31). The molecule has 0 amide bonds. The summed E-state index contributed by atoms with van der Waals surface area (Å²) in [5, 5.41) is 7.24. The van der Waals surface area contributed by atoms with Crippen molar-refractivity contribution in [1.29, 1.82) is 0 Å². The molecular formula is C24H30FN7OS. The quantitative estimate of drug-likeness (QED) is 0.403. The summed E-state index contributed by atoms with van der Waals surface area (Å²) in [6.45, 7) is 9.54. The third-order valence-corrected chi connectivity index (χ3v) is 6.49. The van der Waals surface area contributed by atoms with Gasteiger partial charge in [-0.2, -0.15) is 15.0 Å². The Morgan fingerprint density at radius 3 is 2.74 bits per heavy atom. The third kappa shape index (κ3) is 7.28. The summed E-state index contributed by atoms with van der Waals surface area (Å²) in [4.78, 5) is 21.6. The maximum atomic E-state index is 13.5. The Morgan fingerprint density at radius 2 is 1.97 bits per heavy atom. The second-order valence-corrected chi connectivity index (χ2v) is 9.37. The molecule has 0 radical (unpaired) electrons. The fourth-order valence-electron chi connectivity index (χ4n) is 3.42. The molecule has 2 aromatic heterocycles. The molecule has 2 N–H and O–H groups in total. The monoisotopic (exact) mass is 483 g/mol. The summed E-state index contributed by atoms with van der Waals surface area (Å²) >= 11 is 1.58. The van der Waals surface area contributed by atoms with E-state index in [0.29, 0.717) is 23.6 Å². The molecule has 1 aliphatic rings. The van der Waals surface area contributed by atoms with Gasteiger partial charge in [-0.1, -0.05) is 32.1 Å². The lowest BCUT2D eigenvalue weighted by Crippen LogP contribution is -2.37. The molecule has 34 heavy (non-hydrogen) atoms. The van der Waals surface area contributed by atoms with Crippen LogP contribution in [-0.2, 0) is 4.74 Å². The molecule has 1 fully saturated rings. The van der Waals surface area contributed by atoms with Crippen molar-refractivity contribution >= 4 is 40.5 Å². The van der Waals surface area contributed by atoms with Crippen molar-refractivity contribution in [3.05, 3.63) is 52.5 Å². The van der Waals surface area contributed by atoms with Gasteiger partial charge in [-0.15, -0.1) is 11.3 Å². The van der Waals surface area contributed by atoms with Crippen molar-refractivity contribution in [2.24, 2.45) is 0 Å². The first kappa shape index (κ1) is 24.2. The van der Waals surface area contributed by atoms with Crippen LogP contribution in [0.1, 0.15) is 42.5 Å². The van der Waals surface area contributed by atoms with Crippen LogP contribution >= 0.6 is 11.3 Å². The van der Waals surface area contributed by atoms with Crippen LogP contribution in [0.3, 0.4) is 0 Å². The van der Waals surface area contributed by atoms with Gasteiger partial charge in [0.25, 0.3) is 0 Å². The normalized spacial score (nSPS) is 14.7. The van der Waals surface area contributed by atoms with E-state index in [1.165, 1.54) is 17.0 Å². The highest BCUT2D eigenvalue weighted by Gasteiger charge is 2.11. The van der Waals surface area contributed by atoms with Gasteiger partial charge in [-0.05, 0) is 42.7 Å². The van der Waals surface area contributed by atoms with E-state index in [4.69, 9.17) is 4.74 Å². The zero-order valence-corrected chi connectivity index (χ0v) is 20.3. The van der Waals surface area contributed by atoms with Crippen molar-refractivity contribution in [2.75, 3.05) is 50.0 Å². The molecule has 3 aromatic rings. The molecule has 1 saturated heterocycles. The van der Waals surface area contributed by atoms with Gasteiger partial charge in [0.2, 0.25) is 11.9 Å². The van der Waals surface area contributed by atoms with E-state index in [2.05, 4.69) is 49.3 Å². The smallest absolute Gasteiger partial charge is 0.234 e. The summed E-state index contributed by atoms with van der Waals surface area (Å²) < 4.78 is 18.9. The highest BCUT2D eigenvalue weighted by Crippen LogP contribution is 2.27. The molecule has 3 heterocycles. The fourth-order valence-corrected chi connectivity index (χ4v) is 4.23. The Kier molecular flexibility index (Phi) is 8.51. The molecule has 0 bridgehead atoms. The first-order chi connectivity index (χ1) is 16.5. The minimum absolute atomic E-state index is 0.285. The fraction of sp³-hybridized carbons (Fsp3) is 0.417. The molecule has 1 aromatic carbocycles. The van der Waals surface area contributed by atoms with Gasteiger partial charge in [0, 0.05) is 30.7 Å². The molecule has 10 heteroatoms. The van der Waals surface area contributed by atoms with E-state index in [0.717, 1.165) is 56.5 Å². The minimum Gasteiger partial charge on any atom is -0.379 e. The van der Waals surface area contributed by atoms with Gasteiger partial charge in [0.15, 0.2) is 11.0 Å². The van der Waals surface area contributed by atoms with Crippen molar-refractivity contribution in [3.63, 3.8) is 0 Å². The average Bonchev–Trinajstić information content (AvgIpc) is 3.30. The molecule has 0 saturated carbocycles. The van der Waals surface area contributed by atoms with E-state index in [1.54, 1.807) is 29.6 Å². The molecule has 0 aliphatic carbocycles. The summed E-state index contributed by atoms with van der Waals surface area (Å²) in [5.41, 5.74) is 0.733. The van der Waals surface area contributed by atoms with Crippen LogP contribution in [0.5, 0.6) is 0 Å². The molecule has 4 rings (SSSR count). The average molecular weight is 484 g/mol. The zero-order valence-electron chi connectivity index (χ0n) is 19.5. The van der Waals surface area contributed by atoms with Crippen LogP contribution in [0.2, 0.25) is 0 Å². The van der Waals surface area contributed by atoms with Gasteiger partial charge >= 0.3 is 0 Å². The van der Waals surface area contributed by atoms with E-state index in [1.807, 2.05) is 12.3 Å². The predicted octanol–water partition coefficient (Wildman–Crippen LogP) is 4.64. The lowest BCUT2D eigenvalue weighted by molar-refractivity contribution is 0.0378. The topological polar surface area (TPSA) is 88.1 Å². The number of thiazole rings is 1. The Balaban J connectivity index is 1.46. The Hall–Kier alpha value is -2.95.